The summed E-state index contributed by atoms with van der Waals surface area (Å²) in [6, 6.07) is 7.42. The van der Waals surface area contributed by atoms with E-state index < -0.39 is 5.97 Å². The Hall–Kier alpha value is -1.55. The van der Waals surface area contributed by atoms with E-state index in [0.29, 0.717) is 17.5 Å². The molecule has 2 N–H and O–H groups in total. The number of likely N-dealkylation sites (tertiary alicyclic amines) is 1. The minimum absolute atomic E-state index is 0.300. The molecule has 0 amide bonds. The van der Waals surface area contributed by atoms with Gasteiger partial charge in [-0.25, -0.2) is 4.79 Å². The first-order chi connectivity index (χ1) is 9.08. The Morgan fingerprint density at radius 1 is 1.37 bits per heavy atom. The smallest absolute Gasteiger partial charge is 0.337 e. The molecule has 104 valence electrons. The Kier molecular flexibility index (Phi) is 4.43. The predicted octanol–water partition coefficient (Wildman–Crippen LogP) is 2.53. The van der Waals surface area contributed by atoms with Crippen molar-refractivity contribution >= 4 is 11.7 Å². The van der Waals surface area contributed by atoms with Crippen molar-refractivity contribution in [1.29, 1.82) is 0 Å². The van der Waals surface area contributed by atoms with E-state index in [2.05, 4.69) is 24.2 Å². The van der Waals surface area contributed by atoms with E-state index in [1.54, 1.807) is 12.1 Å². The van der Waals surface area contributed by atoms with Crippen molar-refractivity contribution in [3.8, 4) is 0 Å². The largest absolute Gasteiger partial charge is 0.478 e. The molecule has 0 radical (unpaired) electrons. The molecule has 1 aliphatic rings. The Labute approximate surface area is 114 Å². The molecule has 0 aromatic heterocycles. The van der Waals surface area contributed by atoms with Crippen LogP contribution in [0.15, 0.2) is 24.3 Å². The van der Waals surface area contributed by atoms with Crippen molar-refractivity contribution < 1.29 is 9.90 Å². The maximum Gasteiger partial charge on any atom is 0.337 e. The van der Waals surface area contributed by atoms with Crippen molar-refractivity contribution in [3.05, 3.63) is 29.8 Å². The Balaban J connectivity index is 2.02. The molecular formula is C15H22N2O2. The molecule has 1 atom stereocenters. The van der Waals surface area contributed by atoms with Crippen LogP contribution in [0.1, 0.15) is 30.1 Å². The van der Waals surface area contributed by atoms with Gasteiger partial charge in [0.15, 0.2) is 0 Å². The standard InChI is InChI=1S/C15H22N2O2/c1-11(12-7-9-17(2)10-8-12)16-14-6-4-3-5-13(14)15(18)19/h3-6,11-12,16H,7-10H2,1-2H3,(H,18,19). The SMILES string of the molecule is CC(Nc1ccccc1C(=O)O)C1CCN(C)CC1. The number of carbonyl (C=O) groups is 1. The molecule has 1 fully saturated rings. The Morgan fingerprint density at radius 3 is 2.63 bits per heavy atom. The number of anilines is 1. The molecule has 1 aromatic carbocycles. The molecule has 0 spiro atoms. The minimum Gasteiger partial charge on any atom is -0.478 e. The summed E-state index contributed by atoms with van der Waals surface area (Å²) < 4.78 is 0. The molecule has 1 aliphatic heterocycles. The number of aromatic carboxylic acids is 1. The molecule has 0 saturated carbocycles. The average molecular weight is 262 g/mol. The van der Waals surface area contributed by atoms with E-state index in [-0.39, 0.29) is 0 Å². The summed E-state index contributed by atoms with van der Waals surface area (Å²) in [5.74, 6) is -0.267. The third-order valence-electron chi connectivity index (χ3n) is 4.01. The molecule has 1 unspecified atom stereocenters. The monoisotopic (exact) mass is 262 g/mol. The Morgan fingerprint density at radius 2 is 2.00 bits per heavy atom. The van der Waals surface area contributed by atoms with Crippen molar-refractivity contribution in [1.82, 2.24) is 4.90 Å². The van der Waals surface area contributed by atoms with Gasteiger partial charge in [0.25, 0.3) is 0 Å². The molecule has 1 saturated heterocycles. The van der Waals surface area contributed by atoms with Crippen LogP contribution in [0.2, 0.25) is 0 Å². The topological polar surface area (TPSA) is 52.6 Å². The molecule has 4 heteroatoms. The number of carboxylic acid groups (broad SMARTS) is 1. The summed E-state index contributed by atoms with van der Waals surface area (Å²) in [6.07, 6.45) is 2.33. The minimum atomic E-state index is -0.876. The fourth-order valence-electron chi connectivity index (χ4n) is 2.69. The summed E-state index contributed by atoms with van der Waals surface area (Å²) in [5.41, 5.74) is 1.07. The fraction of sp³-hybridized carbons (Fsp3) is 0.533. The van der Waals surface area contributed by atoms with Gasteiger partial charge < -0.3 is 15.3 Å². The quantitative estimate of drug-likeness (QED) is 0.875. The van der Waals surface area contributed by atoms with Crippen molar-refractivity contribution in [2.24, 2.45) is 5.92 Å². The number of nitrogens with zero attached hydrogens (tertiary/aromatic N) is 1. The highest BCUT2D eigenvalue weighted by molar-refractivity contribution is 5.94. The first-order valence-corrected chi connectivity index (χ1v) is 6.85. The van der Waals surface area contributed by atoms with Crippen molar-refractivity contribution in [2.45, 2.75) is 25.8 Å². The zero-order valence-electron chi connectivity index (χ0n) is 11.6. The number of rotatable bonds is 4. The van der Waals surface area contributed by atoms with Gasteiger partial charge in [0.2, 0.25) is 0 Å². The maximum atomic E-state index is 11.2. The lowest BCUT2D eigenvalue weighted by molar-refractivity contribution is 0.0698. The molecule has 0 bridgehead atoms. The van der Waals surface area contributed by atoms with Crippen LogP contribution in [-0.4, -0.2) is 42.2 Å². The number of nitrogens with one attached hydrogen (secondary N) is 1. The summed E-state index contributed by atoms with van der Waals surface area (Å²) in [5, 5.41) is 12.6. The molecule has 1 heterocycles. The summed E-state index contributed by atoms with van der Waals surface area (Å²) in [7, 11) is 2.15. The van der Waals surface area contributed by atoms with Gasteiger partial charge in [-0.15, -0.1) is 0 Å². The van der Waals surface area contributed by atoms with E-state index in [0.717, 1.165) is 18.8 Å². The average Bonchev–Trinajstić information content (AvgIpc) is 2.39. The van der Waals surface area contributed by atoms with Crippen LogP contribution in [0, 0.1) is 5.92 Å². The lowest BCUT2D eigenvalue weighted by Gasteiger charge is -2.33. The van der Waals surface area contributed by atoms with E-state index in [9.17, 15) is 9.90 Å². The third kappa shape index (κ3) is 3.47. The van der Waals surface area contributed by atoms with Crippen molar-refractivity contribution in [2.75, 3.05) is 25.5 Å². The highest BCUT2D eigenvalue weighted by atomic mass is 16.4. The number of carboxylic acids is 1. The van der Waals surface area contributed by atoms with Crippen LogP contribution in [0.5, 0.6) is 0 Å². The van der Waals surface area contributed by atoms with Gasteiger partial charge in [-0.3, -0.25) is 0 Å². The molecule has 0 aliphatic carbocycles. The highest BCUT2D eigenvalue weighted by Crippen LogP contribution is 2.24. The van der Waals surface area contributed by atoms with E-state index in [1.165, 1.54) is 12.8 Å². The van der Waals surface area contributed by atoms with Crippen molar-refractivity contribution in [3.63, 3.8) is 0 Å². The zero-order chi connectivity index (χ0) is 13.8. The molecule has 19 heavy (non-hydrogen) atoms. The summed E-state index contributed by atoms with van der Waals surface area (Å²) in [6.45, 7) is 4.39. The zero-order valence-corrected chi connectivity index (χ0v) is 11.6. The third-order valence-corrected chi connectivity index (χ3v) is 4.01. The second-order valence-electron chi connectivity index (χ2n) is 5.42. The maximum absolute atomic E-state index is 11.2. The van der Waals surface area contributed by atoms with Gasteiger partial charge in [-0.1, -0.05) is 12.1 Å². The van der Waals surface area contributed by atoms with Crippen LogP contribution in [-0.2, 0) is 0 Å². The second kappa shape index (κ2) is 6.06. The van der Waals surface area contributed by atoms with Gasteiger partial charge in [-0.05, 0) is 58.0 Å². The number of piperidine rings is 1. The number of para-hydroxylation sites is 1. The fourth-order valence-corrected chi connectivity index (χ4v) is 2.69. The normalized spacial score (nSPS) is 19.1. The van der Waals surface area contributed by atoms with E-state index in [4.69, 9.17) is 0 Å². The lowest BCUT2D eigenvalue weighted by Crippen LogP contribution is -2.37. The second-order valence-corrected chi connectivity index (χ2v) is 5.42. The van der Waals surface area contributed by atoms with Gasteiger partial charge >= 0.3 is 5.97 Å². The number of hydrogen-bond acceptors (Lipinski definition) is 3. The van der Waals surface area contributed by atoms with Crippen LogP contribution >= 0.6 is 0 Å². The number of hydrogen-bond donors (Lipinski definition) is 2. The molecular weight excluding hydrogens is 240 g/mol. The molecule has 2 rings (SSSR count). The summed E-state index contributed by atoms with van der Waals surface area (Å²) in [4.78, 5) is 13.5. The predicted molar refractivity (Wildman–Crippen MR) is 76.7 cm³/mol. The number of benzene rings is 1. The van der Waals surface area contributed by atoms with Gasteiger partial charge in [0.05, 0.1) is 5.56 Å². The lowest BCUT2D eigenvalue weighted by atomic mass is 9.90. The highest BCUT2D eigenvalue weighted by Gasteiger charge is 2.23. The van der Waals surface area contributed by atoms with E-state index >= 15 is 0 Å². The first-order valence-electron chi connectivity index (χ1n) is 6.85. The summed E-state index contributed by atoms with van der Waals surface area (Å²) >= 11 is 0. The van der Waals surface area contributed by atoms with Gasteiger partial charge in [0.1, 0.15) is 0 Å². The molecule has 4 nitrogen and oxygen atoms in total. The van der Waals surface area contributed by atoms with E-state index in [1.807, 2.05) is 12.1 Å². The van der Waals surface area contributed by atoms with Crippen LogP contribution in [0.25, 0.3) is 0 Å². The van der Waals surface area contributed by atoms with Crippen LogP contribution < -0.4 is 5.32 Å². The Bertz CT molecular complexity index is 440. The van der Waals surface area contributed by atoms with Gasteiger partial charge in [0, 0.05) is 11.7 Å². The van der Waals surface area contributed by atoms with Crippen LogP contribution in [0.3, 0.4) is 0 Å². The molecule has 1 aromatic rings. The van der Waals surface area contributed by atoms with Crippen LogP contribution in [0.4, 0.5) is 5.69 Å². The van der Waals surface area contributed by atoms with Gasteiger partial charge in [-0.2, -0.15) is 0 Å². The first kappa shape index (κ1) is 13.9.